The number of piperidine rings is 1. The summed E-state index contributed by atoms with van der Waals surface area (Å²) in [5, 5.41) is 4.99. The molecule has 1 aromatic heterocycles. The van der Waals surface area contributed by atoms with E-state index in [2.05, 4.69) is 5.32 Å². The van der Waals surface area contributed by atoms with Crippen molar-refractivity contribution in [1.29, 1.82) is 0 Å². The zero-order chi connectivity index (χ0) is 19.7. The summed E-state index contributed by atoms with van der Waals surface area (Å²) in [6.07, 6.45) is 4.32. The van der Waals surface area contributed by atoms with Gasteiger partial charge in [-0.2, -0.15) is 4.31 Å². The molecule has 0 radical (unpaired) electrons. The standard InChI is InChI=1S/C21H23N3O3S/c1-23-15-19(28(26,27)24-11-5-2-6-12-24)14-20(23)21(25)22-18-10-9-16-7-3-4-8-17(16)13-18/h3-4,7-10,13-15H,2,5-6,11-12H2,1H3,(H,22,25). The van der Waals surface area contributed by atoms with Gasteiger partial charge in [-0.05, 0) is 41.8 Å². The van der Waals surface area contributed by atoms with E-state index in [9.17, 15) is 13.2 Å². The Morgan fingerprint density at radius 2 is 1.68 bits per heavy atom. The smallest absolute Gasteiger partial charge is 0.272 e. The second-order valence-electron chi connectivity index (χ2n) is 7.15. The van der Waals surface area contributed by atoms with E-state index in [1.807, 2.05) is 42.5 Å². The summed E-state index contributed by atoms with van der Waals surface area (Å²) >= 11 is 0. The Bertz CT molecular complexity index is 1130. The fraction of sp³-hybridized carbons (Fsp3) is 0.286. The van der Waals surface area contributed by atoms with Crippen LogP contribution in [-0.2, 0) is 17.1 Å². The third kappa shape index (κ3) is 3.55. The fourth-order valence-electron chi connectivity index (χ4n) is 3.62. The van der Waals surface area contributed by atoms with Crippen LogP contribution in [-0.4, -0.2) is 36.3 Å². The summed E-state index contributed by atoms with van der Waals surface area (Å²) in [6.45, 7) is 1.08. The predicted molar refractivity (Wildman–Crippen MR) is 110 cm³/mol. The highest BCUT2D eigenvalue weighted by Crippen LogP contribution is 2.23. The molecule has 0 unspecified atom stereocenters. The van der Waals surface area contributed by atoms with Gasteiger partial charge in [0.2, 0.25) is 10.0 Å². The average Bonchev–Trinajstić information content (AvgIpc) is 3.11. The van der Waals surface area contributed by atoms with Crippen molar-refractivity contribution in [3.05, 3.63) is 60.4 Å². The van der Waals surface area contributed by atoms with Gasteiger partial charge in [-0.3, -0.25) is 4.79 Å². The first-order valence-corrected chi connectivity index (χ1v) is 10.9. The van der Waals surface area contributed by atoms with Gasteiger partial charge in [0, 0.05) is 32.0 Å². The van der Waals surface area contributed by atoms with Crippen LogP contribution in [0.3, 0.4) is 0 Å². The van der Waals surface area contributed by atoms with Crippen LogP contribution >= 0.6 is 0 Å². The number of anilines is 1. The highest BCUT2D eigenvalue weighted by molar-refractivity contribution is 7.89. The van der Waals surface area contributed by atoms with E-state index in [1.165, 1.54) is 16.6 Å². The molecule has 0 saturated carbocycles. The Labute approximate surface area is 164 Å². The Balaban J connectivity index is 1.57. The lowest BCUT2D eigenvalue weighted by Crippen LogP contribution is -2.35. The molecule has 2 heterocycles. The average molecular weight is 398 g/mol. The second kappa shape index (κ2) is 7.41. The van der Waals surface area contributed by atoms with Crippen molar-refractivity contribution in [2.24, 2.45) is 7.05 Å². The van der Waals surface area contributed by atoms with Gasteiger partial charge in [0.25, 0.3) is 5.91 Å². The number of sulfonamides is 1. The predicted octanol–water partition coefficient (Wildman–Crippen LogP) is 3.61. The molecular formula is C21H23N3O3S. The molecule has 1 N–H and O–H groups in total. The van der Waals surface area contributed by atoms with Crippen LogP contribution < -0.4 is 5.32 Å². The van der Waals surface area contributed by atoms with Crippen molar-refractivity contribution in [3.8, 4) is 0 Å². The third-order valence-corrected chi connectivity index (χ3v) is 7.04. The van der Waals surface area contributed by atoms with E-state index in [1.54, 1.807) is 11.6 Å². The molecular weight excluding hydrogens is 374 g/mol. The molecule has 1 amide bonds. The Morgan fingerprint density at radius 1 is 0.964 bits per heavy atom. The lowest BCUT2D eigenvalue weighted by molar-refractivity contribution is 0.101. The van der Waals surface area contributed by atoms with Crippen LogP contribution in [0, 0.1) is 0 Å². The number of nitrogens with one attached hydrogen (secondary N) is 1. The van der Waals surface area contributed by atoms with Crippen LogP contribution in [0.15, 0.2) is 59.6 Å². The fourth-order valence-corrected chi connectivity index (χ4v) is 5.21. The number of carbonyl (C=O) groups excluding carboxylic acids is 1. The minimum Gasteiger partial charge on any atom is -0.345 e. The van der Waals surface area contributed by atoms with E-state index in [4.69, 9.17) is 0 Å². The second-order valence-corrected chi connectivity index (χ2v) is 9.09. The number of hydrogen-bond acceptors (Lipinski definition) is 3. The topological polar surface area (TPSA) is 71.4 Å². The normalized spacial score (nSPS) is 15.6. The minimum atomic E-state index is -3.57. The molecule has 1 fully saturated rings. The number of aryl methyl sites for hydroxylation is 1. The molecule has 0 bridgehead atoms. The summed E-state index contributed by atoms with van der Waals surface area (Å²) < 4.78 is 28.8. The van der Waals surface area contributed by atoms with Gasteiger partial charge in [0.15, 0.2) is 0 Å². The number of benzene rings is 2. The minimum absolute atomic E-state index is 0.167. The Morgan fingerprint density at radius 3 is 2.43 bits per heavy atom. The Hall–Kier alpha value is -2.64. The summed E-state index contributed by atoms with van der Waals surface area (Å²) in [6, 6.07) is 15.1. The molecule has 1 aliphatic heterocycles. The van der Waals surface area contributed by atoms with Crippen LogP contribution in [0.5, 0.6) is 0 Å². The zero-order valence-electron chi connectivity index (χ0n) is 15.8. The summed E-state index contributed by atoms with van der Waals surface area (Å²) in [5.41, 5.74) is 0.981. The molecule has 1 saturated heterocycles. The quantitative estimate of drug-likeness (QED) is 0.731. The van der Waals surface area contributed by atoms with Crippen LogP contribution in [0.4, 0.5) is 5.69 Å². The summed E-state index contributed by atoms with van der Waals surface area (Å²) in [5.74, 6) is -0.335. The van der Waals surface area contributed by atoms with Crippen molar-refractivity contribution < 1.29 is 13.2 Å². The maximum absolute atomic E-state index is 12.9. The van der Waals surface area contributed by atoms with Gasteiger partial charge in [-0.1, -0.05) is 36.8 Å². The van der Waals surface area contributed by atoms with Crippen molar-refractivity contribution >= 4 is 32.4 Å². The molecule has 3 aromatic rings. The van der Waals surface area contributed by atoms with Crippen LogP contribution in [0.2, 0.25) is 0 Å². The first kappa shape index (κ1) is 18.7. The van der Waals surface area contributed by atoms with Crippen LogP contribution in [0.1, 0.15) is 29.8 Å². The SMILES string of the molecule is Cn1cc(S(=O)(=O)N2CCCCC2)cc1C(=O)Nc1ccc2ccccc2c1. The monoisotopic (exact) mass is 397 g/mol. The maximum atomic E-state index is 12.9. The van der Waals surface area contributed by atoms with Crippen molar-refractivity contribution in [1.82, 2.24) is 8.87 Å². The molecule has 0 aliphatic carbocycles. The lowest BCUT2D eigenvalue weighted by atomic mass is 10.1. The van der Waals surface area contributed by atoms with Gasteiger partial charge in [-0.25, -0.2) is 8.42 Å². The van der Waals surface area contributed by atoms with Gasteiger partial charge < -0.3 is 9.88 Å². The lowest BCUT2D eigenvalue weighted by Gasteiger charge is -2.25. The highest BCUT2D eigenvalue weighted by Gasteiger charge is 2.28. The van der Waals surface area contributed by atoms with E-state index in [0.717, 1.165) is 30.0 Å². The number of fused-ring (bicyclic) bond motifs is 1. The summed E-state index contributed by atoms with van der Waals surface area (Å²) in [4.78, 5) is 12.9. The number of hydrogen-bond donors (Lipinski definition) is 1. The molecule has 2 aromatic carbocycles. The number of aromatic nitrogens is 1. The molecule has 6 nitrogen and oxygen atoms in total. The van der Waals surface area contributed by atoms with Gasteiger partial charge in [0.1, 0.15) is 10.6 Å². The van der Waals surface area contributed by atoms with Crippen LogP contribution in [0.25, 0.3) is 10.8 Å². The first-order valence-electron chi connectivity index (χ1n) is 9.42. The van der Waals surface area contributed by atoms with Gasteiger partial charge in [-0.15, -0.1) is 0 Å². The van der Waals surface area contributed by atoms with E-state index in [0.29, 0.717) is 24.5 Å². The number of amides is 1. The first-order chi connectivity index (χ1) is 13.4. The van der Waals surface area contributed by atoms with Gasteiger partial charge >= 0.3 is 0 Å². The van der Waals surface area contributed by atoms with Crippen molar-refractivity contribution in [3.63, 3.8) is 0 Å². The largest absolute Gasteiger partial charge is 0.345 e. The Kier molecular flexibility index (Phi) is 4.95. The van der Waals surface area contributed by atoms with Crippen molar-refractivity contribution in [2.45, 2.75) is 24.2 Å². The highest BCUT2D eigenvalue weighted by atomic mass is 32.2. The van der Waals surface area contributed by atoms with E-state index < -0.39 is 10.0 Å². The third-order valence-electron chi connectivity index (χ3n) is 5.17. The number of rotatable bonds is 4. The summed E-state index contributed by atoms with van der Waals surface area (Å²) in [7, 11) is -1.88. The van der Waals surface area contributed by atoms with E-state index in [-0.39, 0.29) is 10.8 Å². The maximum Gasteiger partial charge on any atom is 0.272 e. The van der Waals surface area contributed by atoms with Gasteiger partial charge in [0.05, 0.1) is 0 Å². The molecule has 28 heavy (non-hydrogen) atoms. The zero-order valence-corrected chi connectivity index (χ0v) is 16.6. The molecule has 7 heteroatoms. The molecule has 1 aliphatic rings. The van der Waals surface area contributed by atoms with Crippen molar-refractivity contribution in [2.75, 3.05) is 18.4 Å². The molecule has 0 spiro atoms. The molecule has 4 rings (SSSR count). The molecule has 146 valence electrons. The molecule has 0 atom stereocenters. The number of nitrogens with zero attached hydrogens (tertiary/aromatic N) is 2. The van der Waals surface area contributed by atoms with E-state index >= 15 is 0 Å². The number of carbonyl (C=O) groups is 1.